The van der Waals surface area contributed by atoms with E-state index in [4.69, 9.17) is 5.73 Å². The molecule has 0 aliphatic carbocycles. The molecular formula is C16H20N2O. The van der Waals surface area contributed by atoms with Crippen LogP contribution >= 0.6 is 0 Å². The highest BCUT2D eigenvalue weighted by Gasteiger charge is 2.25. The second-order valence-electron chi connectivity index (χ2n) is 5.36. The van der Waals surface area contributed by atoms with Crippen molar-refractivity contribution in [2.45, 2.75) is 32.8 Å². The van der Waals surface area contributed by atoms with E-state index in [0.29, 0.717) is 12.2 Å². The van der Waals surface area contributed by atoms with Crippen LogP contribution in [0.3, 0.4) is 0 Å². The molecule has 0 aliphatic heterocycles. The summed E-state index contributed by atoms with van der Waals surface area (Å²) in [7, 11) is 0. The van der Waals surface area contributed by atoms with Crippen LogP contribution in [0, 0.1) is 13.8 Å². The normalized spacial score (nSPS) is 14.1. The summed E-state index contributed by atoms with van der Waals surface area (Å²) in [6.45, 7) is 5.89. The number of nitrogens with two attached hydrogens (primary N) is 1. The zero-order chi connectivity index (χ0) is 14.0. The summed E-state index contributed by atoms with van der Waals surface area (Å²) in [5, 5.41) is 10.8. The number of nitrogens with zero attached hydrogens (tertiary/aromatic N) is 1. The monoisotopic (exact) mass is 256 g/mol. The summed E-state index contributed by atoms with van der Waals surface area (Å²) in [5.41, 5.74) is 8.95. The smallest absolute Gasteiger partial charge is 0.123 e. The molecule has 2 aromatic rings. The Morgan fingerprint density at radius 3 is 2.63 bits per heavy atom. The van der Waals surface area contributed by atoms with Gasteiger partial charge in [-0.05, 0) is 49.6 Å². The van der Waals surface area contributed by atoms with Gasteiger partial charge in [0.2, 0.25) is 0 Å². The molecule has 100 valence electrons. The van der Waals surface area contributed by atoms with E-state index in [-0.39, 0.29) is 0 Å². The minimum Gasteiger partial charge on any atom is -0.385 e. The molecule has 1 aromatic carbocycles. The van der Waals surface area contributed by atoms with Gasteiger partial charge in [-0.2, -0.15) is 0 Å². The van der Waals surface area contributed by atoms with Crippen molar-refractivity contribution in [2.24, 2.45) is 0 Å². The van der Waals surface area contributed by atoms with Crippen LogP contribution in [0.4, 0.5) is 5.82 Å². The van der Waals surface area contributed by atoms with Gasteiger partial charge in [0.05, 0.1) is 5.60 Å². The molecule has 0 aliphatic rings. The highest BCUT2D eigenvalue weighted by Crippen LogP contribution is 2.29. The zero-order valence-corrected chi connectivity index (χ0v) is 11.6. The van der Waals surface area contributed by atoms with E-state index in [1.165, 1.54) is 0 Å². The second-order valence-corrected chi connectivity index (χ2v) is 5.36. The quantitative estimate of drug-likeness (QED) is 0.887. The van der Waals surface area contributed by atoms with Crippen LogP contribution in [0.1, 0.15) is 29.2 Å². The van der Waals surface area contributed by atoms with Gasteiger partial charge in [-0.25, -0.2) is 4.98 Å². The molecule has 0 saturated heterocycles. The molecule has 0 radical (unpaired) electrons. The average Bonchev–Trinajstić information content (AvgIpc) is 2.31. The number of aryl methyl sites for hydroxylation is 2. The minimum absolute atomic E-state index is 0.481. The number of rotatable bonds is 3. The van der Waals surface area contributed by atoms with Crippen molar-refractivity contribution in [3.05, 3.63) is 58.8 Å². The maximum atomic E-state index is 10.8. The first-order valence-corrected chi connectivity index (χ1v) is 6.39. The van der Waals surface area contributed by atoms with Gasteiger partial charge in [-0.3, -0.25) is 0 Å². The number of pyridine rings is 1. The number of benzene rings is 1. The van der Waals surface area contributed by atoms with E-state index in [9.17, 15) is 5.11 Å². The molecule has 0 amide bonds. The van der Waals surface area contributed by atoms with Crippen LogP contribution in [-0.4, -0.2) is 10.1 Å². The predicted octanol–water partition coefficient (Wildman–Crippen LogP) is 2.73. The Morgan fingerprint density at radius 1 is 1.21 bits per heavy atom. The molecule has 2 rings (SSSR count). The first kappa shape index (κ1) is 13.6. The largest absolute Gasteiger partial charge is 0.385 e. The predicted molar refractivity (Wildman–Crippen MR) is 77.8 cm³/mol. The number of aliphatic hydroxyl groups is 1. The molecule has 1 unspecified atom stereocenters. The Balaban J connectivity index is 2.34. The van der Waals surface area contributed by atoms with Gasteiger partial charge in [-0.1, -0.05) is 23.8 Å². The fourth-order valence-electron chi connectivity index (χ4n) is 2.41. The zero-order valence-electron chi connectivity index (χ0n) is 11.6. The Hall–Kier alpha value is -1.87. The number of hydrogen-bond acceptors (Lipinski definition) is 3. The van der Waals surface area contributed by atoms with Crippen molar-refractivity contribution < 1.29 is 5.11 Å². The number of anilines is 1. The van der Waals surface area contributed by atoms with Crippen molar-refractivity contribution >= 4 is 5.82 Å². The van der Waals surface area contributed by atoms with Crippen LogP contribution in [0.2, 0.25) is 0 Å². The molecule has 1 heterocycles. The van der Waals surface area contributed by atoms with Crippen molar-refractivity contribution in [1.82, 2.24) is 4.98 Å². The number of nitrogen functional groups attached to an aromatic ring is 1. The molecule has 1 atom stereocenters. The van der Waals surface area contributed by atoms with Gasteiger partial charge >= 0.3 is 0 Å². The van der Waals surface area contributed by atoms with Crippen molar-refractivity contribution in [2.75, 3.05) is 5.73 Å². The highest BCUT2D eigenvalue weighted by molar-refractivity contribution is 5.38. The summed E-state index contributed by atoms with van der Waals surface area (Å²) in [5.74, 6) is 0.481. The van der Waals surface area contributed by atoms with E-state index in [2.05, 4.69) is 11.1 Å². The van der Waals surface area contributed by atoms with E-state index in [1.54, 1.807) is 12.3 Å². The summed E-state index contributed by atoms with van der Waals surface area (Å²) >= 11 is 0. The number of hydrogen-bond donors (Lipinski definition) is 2. The summed E-state index contributed by atoms with van der Waals surface area (Å²) in [4.78, 5) is 3.97. The maximum absolute atomic E-state index is 10.8. The van der Waals surface area contributed by atoms with Gasteiger partial charge < -0.3 is 10.8 Å². The molecular weight excluding hydrogens is 236 g/mol. The van der Waals surface area contributed by atoms with Gasteiger partial charge in [0.1, 0.15) is 5.82 Å². The third-order valence-corrected chi connectivity index (χ3v) is 3.37. The van der Waals surface area contributed by atoms with Gasteiger partial charge in [0.15, 0.2) is 0 Å². The highest BCUT2D eigenvalue weighted by atomic mass is 16.3. The Morgan fingerprint density at radius 2 is 1.95 bits per heavy atom. The molecule has 19 heavy (non-hydrogen) atoms. The van der Waals surface area contributed by atoms with Crippen LogP contribution < -0.4 is 5.73 Å². The first-order valence-electron chi connectivity index (χ1n) is 6.39. The molecule has 0 saturated carbocycles. The third kappa shape index (κ3) is 3.12. The van der Waals surface area contributed by atoms with Crippen molar-refractivity contribution in [3.63, 3.8) is 0 Å². The Labute approximate surface area is 114 Å². The first-order chi connectivity index (χ1) is 8.88. The average molecular weight is 256 g/mol. The Kier molecular flexibility index (Phi) is 3.58. The topological polar surface area (TPSA) is 59.1 Å². The van der Waals surface area contributed by atoms with Crippen molar-refractivity contribution in [1.29, 1.82) is 0 Å². The molecule has 3 N–H and O–H groups in total. The lowest BCUT2D eigenvalue weighted by molar-refractivity contribution is 0.0569. The molecule has 3 heteroatoms. The van der Waals surface area contributed by atoms with E-state index in [0.717, 1.165) is 22.3 Å². The second kappa shape index (κ2) is 5.02. The summed E-state index contributed by atoms with van der Waals surface area (Å²) in [6, 6.07) is 9.83. The fourth-order valence-corrected chi connectivity index (χ4v) is 2.41. The van der Waals surface area contributed by atoms with Gasteiger partial charge in [0.25, 0.3) is 0 Å². The van der Waals surface area contributed by atoms with Crippen LogP contribution in [0.15, 0.2) is 36.5 Å². The van der Waals surface area contributed by atoms with E-state index < -0.39 is 5.60 Å². The molecule has 0 fully saturated rings. The van der Waals surface area contributed by atoms with Crippen LogP contribution in [0.5, 0.6) is 0 Å². The number of aromatic nitrogens is 1. The maximum Gasteiger partial charge on any atom is 0.123 e. The lowest BCUT2D eigenvalue weighted by Crippen LogP contribution is -2.25. The molecule has 0 spiro atoms. The van der Waals surface area contributed by atoms with Gasteiger partial charge in [-0.15, -0.1) is 0 Å². The Bertz CT molecular complexity index is 591. The van der Waals surface area contributed by atoms with Crippen molar-refractivity contribution in [3.8, 4) is 0 Å². The van der Waals surface area contributed by atoms with E-state index >= 15 is 0 Å². The summed E-state index contributed by atoms with van der Waals surface area (Å²) < 4.78 is 0. The summed E-state index contributed by atoms with van der Waals surface area (Å²) in [6.07, 6.45) is 2.19. The molecule has 1 aromatic heterocycles. The standard InChI is InChI=1S/C16H20N2O/c1-11-4-5-12(2)14(8-11)16(3,19)10-13-6-7-18-15(17)9-13/h4-9,19H,10H2,1-3H3,(H2,17,18). The lowest BCUT2D eigenvalue weighted by atomic mass is 9.86. The lowest BCUT2D eigenvalue weighted by Gasteiger charge is -2.26. The fraction of sp³-hybridized carbons (Fsp3) is 0.312. The molecule has 3 nitrogen and oxygen atoms in total. The van der Waals surface area contributed by atoms with Crippen LogP contribution in [0.25, 0.3) is 0 Å². The van der Waals surface area contributed by atoms with E-state index in [1.807, 2.05) is 39.0 Å². The SMILES string of the molecule is Cc1ccc(C)c(C(C)(O)Cc2ccnc(N)c2)c1. The molecule has 0 bridgehead atoms. The van der Waals surface area contributed by atoms with Crippen LogP contribution in [-0.2, 0) is 12.0 Å². The third-order valence-electron chi connectivity index (χ3n) is 3.37. The van der Waals surface area contributed by atoms with Gasteiger partial charge in [0, 0.05) is 12.6 Å². The minimum atomic E-state index is -0.913.